The number of halogens is 3. The van der Waals surface area contributed by atoms with Crippen molar-refractivity contribution in [2.24, 2.45) is 0 Å². The Labute approximate surface area is 154 Å². The Kier molecular flexibility index (Phi) is 5.23. The van der Waals surface area contributed by atoms with Gasteiger partial charge in [-0.15, -0.1) is 0 Å². The summed E-state index contributed by atoms with van der Waals surface area (Å²) in [5.41, 5.74) is 0.926. The number of hydrogen-bond acceptors (Lipinski definition) is 2. The monoisotopic (exact) mass is 378 g/mol. The molecule has 0 bridgehead atoms. The van der Waals surface area contributed by atoms with Crippen molar-refractivity contribution in [2.45, 2.75) is 30.8 Å². The molecular formula is C19H17ClF2N2O2. The number of para-hydroxylation sites is 1. The van der Waals surface area contributed by atoms with Crippen molar-refractivity contribution >= 4 is 29.6 Å². The quantitative estimate of drug-likeness (QED) is 0.773. The van der Waals surface area contributed by atoms with E-state index < -0.39 is 36.8 Å². The van der Waals surface area contributed by atoms with Gasteiger partial charge < -0.3 is 5.32 Å². The molecule has 0 saturated heterocycles. The zero-order valence-corrected chi connectivity index (χ0v) is 14.5. The summed E-state index contributed by atoms with van der Waals surface area (Å²) in [6.45, 7) is 0. The second kappa shape index (κ2) is 7.41. The molecule has 0 aromatic heterocycles. The smallest absolute Gasteiger partial charge is 0.252 e. The van der Waals surface area contributed by atoms with Crippen LogP contribution in [0.5, 0.6) is 0 Å². The van der Waals surface area contributed by atoms with Crippen LogP contribution in [0, 0.1) is 0 Å². The lowest BCUT2D eigenvalue weighted by atomic mass is 9.87. The van der Waals surface area contributed by atoms with Crippen molar-refractivity contribution in [2.75, 3.05) is 4.90 Å². The van der Waals surface area contributed by atoms with Crippen LogP contribution >= 0.6 is 11.6 Å². The molecule has 1 atom stereocenters. The molecule has 2 aromatic rings. The molecule has 2 aromatic carbocycles. The first-order valence-electron chi connectivity index (χ1n) is 8.12. The van der Waals surface area contributed by atoms with Crippen molar-refractivity contribution in [3.05, 3.63) is 65.2 Å². The Hall–Kier alpha value is -2.47. The molecule has 4 nitrogen and oxygen atoms in total. The highest BCUT2D eigenvalue weighted by Crippen LogP contribution is 2.38. The van der Waals surface area contributed by atoms with Gasteiger partial charge in [0.15, 0.2) is 0 Å². The number of hydrogen-bond donors (Lipinski definition) is 1. The van der Waals surface area contributed by atoms with Crippen LogP contribution in [-0.4, -0.2) is 24.3 Å². The van der Waals surface area contributed by atoms with E-state index in [2.05, 4.69) is 5.32 Å². The molecule has 0 unspecified atom stereocenters. The molecule has 26 heavy (non-hydrogen) atoms. The minimum absolute atomic E-state index is 0.314. The second-order valence-corrected chi connectivity index (χ2v) is 6.65. The first-order chi connectivity index (χ1) is 12.4. The lowest BCUT2D eigenvalue weighted by Gasteiger charge is -2.37. The fourth-order valence-electron chi connectivity index (χ4n) is 3.03. The van der Waals surface area contributed by atoms with Gasteiger partial charge in [0.05, 0.1) is 0 Å². The van der Waals surface area contributed by atoms with E-state index in [9.17, 15) is 18.4 Å². The number of carbonyl (C=O) groups is 2. The Balaban J connectivity index is 1.93. The largest absolute Gasteiger partial charge is 0.351 e. The maximum Gasteiger partial charge on any atom is 0.252 e. The summed E-state index contributed by atoms with van der Waals surface area (Å²) in [5, 5.41) is 2.92. The van der Waals surface area contributed by atoms with Crippen molar-refractivity contribution in [1.82, 2.24) is 5.32 Å². The fraction of sp³-hybridized carbons (Fsp3) is 0.263. The van der Waals surface area contributed by atoms with Gasteiger partial charge in [-0.05, 0) is 18.2 Å². The van der Waals surface area contributed by atoms with Gasteiger partial charge in [-0.25, -0.2) is 8.78 Å². The minimum Gasteiger partial charge on any atom is -0.351 e. The number of nitrogens with one attached hydrogen (secondary N) is 1. The van der Waals surface area contributed by atoms with E-state index in [0.29, 0.717) is 22.7 Å². The van der Waals surface area contributed by atoms with Crippen molar-refractivity contribution in [3.8, 4) is 0 Å². The van der Waals surface area contributed by atoms with Crippen molar-refractivity contribution in [1.29, 1.82) is 0 Å². The SMILES string of the molecule is O=CN(c1ccccc1)[C@H](C(=O)NC1CC(F)(F)C1)c1ccccc1Cl. The zero-order valence-electron chi connectivity index (χ0n) is 13.7. The summed E-state index contributed by atoms with van der Waals surface area (Å²) in [7, 11) is 0. The summed E-state index contributed by atoms with van der Waals surface area (Å²) in [6.07, 6.45) is -0.265. The topological polar surface area (TPSA) is 49.4 Å². The van der Waals surface area contributed by atoms with Gasteiger partial charge >= 0.3 is 0 Å². The summed E-state index contributed by atoms with van der Waals surface area (Å²) in [4.78, 5) is 25.9. The molecular weight excluding hydrogens is 362 g/mol. The molecule has 0 aliphatic heterocycles. The van der Waals surface area contributed by atoms with Gasteiger partial charge in [0.1, 0.15) is 6.04 Å². The molecule has 7 heteroatoms. The normalized spacial score (nSPS) is 17.0. The average molecular weight is 379 g/mol. The van der Waals surface area contributed by atoms with Gasteiger partial charge in [0, 0.05) is 35.2 Å². The van der Waals surface area contributed by atoms with Crippen LogP contribution in [0.15, 0.2) is 54.6 Å². The fourth-order valence-corrected chi connectivity index (χ4v) is 3.27. The number of anilines is 1. The molecule has 136 valence electrons. The van der Waals surface area contributed by atoms with Crippen molar-refractivity contribution in [3.63, 3.8) is 0 Å². The lowest BCUT2D eigenvalue weighted by molar-refractivity contribution is -0.131. The highest BCUT2D eigenvalue weighted by Gasteiger charge is 2.46. The molecule has 1 fully saturated rings. The highest BCUT2D eigenvalue weighted by molar-refractivity contribution is 6.31. The van der Waals surface area contributed by atoms with Crippen LogP contribution in [0.2, 0.25) is 5.02 Å². The third-order valence-corrected chi connectivity index (χ3v) is 4.67. The first kappa shape index (κ1) is 18.3. The Morgan fingerprint density at radius 2 is 1.77 bits per heavy atom. The maximum atomic E-state index is 13.1. The summed E-state index contributed by atoms with van der Waals surface area (Å²) in [5.74, 6) is -3.30. The van der Waals surface area contributed by atoms with Crippen LogP contribution in [0.4, 0.5) is 14.5 Å². The standard InChI is InChI=1S/C19H17ClF2N2O2/c20-16-9-5-4-8-15(16)17(18(26)23-13-10-19(21,22)11-13)24(12-25)14-6-2-1-3-7-14/h1-9,12-13,17H,10-11H2,(H,23,26)/t17-/m0/s1. The first-order valence-corrected chi connectivity index (χ1v) is 8.50. The van der Waals surface area contributed by atoms with E-state index in [1.54, 1.807) is 54.6 Å². The van der Waals surface area contributed by atoms with E-state index in [1.165, 1.54) is 4.90 Å². The number of benzene rings is 2. The number of rotatable bonds is 6. The molecule has 1 aliphatic carbocycles. The number of amides is 2. The Morgan fingerprint density at radius 3 is 2.35 bits per heavy atom. The van der Waals surface area contributed by atoms with E-state index in [0.717, 1.165) is 0 Å². The van der Waals surface area contributed by atoms with Crippen LogP contribution in [0.3, 0.4) is 0 Å². The molecule has 1 N–H and O–H groups in total. The summed E-state index contributed by atoms with van der Waals surface area (Å²) >= 11 is 6.24. The van der Waals surface area contributed by atoms with Gasteiger partial charge in [0.2, 0.25) is 12.3 Å². The third-order valence-electron chi connectivity index (χ3n) is 4.33. The number of nitrogens with zero attached hydrogens (tertiary/aromatic N) is 1. The average Bonchev–Trinajstić information content (AvgIpc) is 2.59. The minimum atomic E-state index is -2.75. The molecule has 3 rings (SSSR count). The van der Waals surface area contributed by atoms with Gasteiger partial charge in [-0.1, -0.05) is 48.0 Å². The highest BCUT2D eigenvalue weighted by atomic mass is 35.5. The zero-order chi connectivity index (χ0) is 18.7. The Morgan fingerprint density at radius 1 is 1.15 bits per heavy atom. The van der Waals surface area contributed by atoms with E-state index in [1.807, 2.05) is 0 Å². The predicted molar refractivity (Wildman–Crippen MR) is 95.3 cm³/mol. The number of alkyl halides is 2. The molecule has 0 spiro atoms. The van der Waals surface area contributed by atoms with Crippen LogP contribution in [0.25, 0.3) is 0 Å². The van der Waals surface area contributed by atoms with E-state index in [4.69, 9.17) is 11.6 Å². The Bertz CT molecular complexity index is 793. The number of carbonyl (C=O) groups excluding carboxylic acids is 2. The van der Waals surface area contributed by atoms with Crippen molar-refractivity contribution < 1.29 is 18.4 Å². The van der Waals surface area contributed by atoms with Crippen LogP contribution < -0.4 is 10.2 Å². The van der Waals surface area contributed by atoms with Gasteiger partial charge in [-0.2, -0.15) is 0 Å². The van der Waals surface area contributed by atoms with Gasteiger partial charge in [0.25, 0.3) is 5.92 Å². The lowest BCUT2D eigenvalue weighted by Crippen LogP contribution is -2.53. The molecule has 1 saturated carbocycles. The van der Waals surface area contributed by atoms with Crippen LogP contribution in [-0.2, 0) is 9.59 Å². The molecule has 0 radical (unpaired) electrons. The summed E-state index contributed by atoms with van der Waals surface area (Å²) in [6, 6.07) is 13.6. The van der Waals surface area contributed by atoms with Crippen LogP contribution in [0.1, 0.15) is 24.4 Å². The molecule has 0 heterocycles. The predicted octanol–water partition coefficient (Wildman–Crippen LogP) is 3.96. The maximum absolute atomic E-state index is 13.1. The van der Waals surface area contributed by atoms with E-state index >= 15 is 0 Å². The third kappa shape index (κ3) is 3.85. The van der Waals surface area contributed by atoms with Gasteiger partial charge in [-0.3, -0.25) is 14.5 Å². The second-order valence-electron chi connectivity index (χ2n) is 6.24. The van der Waals surface area contributed by atoms with E-state index in [-0.39, 0.29) is 0 Å². The summed E-state index contributed by atoms with van der Waals surface area (Å²) < 4.78 is 26.2. The molecule has 2 amide bonds. The molecule has 1 aliphatic rings.